The second-order valence-electron chi connectivity index (χ2n) is 5.63. The smallest absolute Gasteiger partial charge is 0.222 e. The number of rotatable bonds is 5. The first-order valence-electron chi connectivity index (χ1n) is 6.44. The van der Waals surface area contributed by atoms with Crippen LogP contribution in [0.1, 0.15) is 32.8 Å². The lowest BCUT2D eigenvalue weighted by Crippen LogP contribution is -2.41. The van der Waals surface area contributed by atoms with E-state index < -0.39 is 11.6 Å². The Labute approximate surface area is 128 Å². The average molecular weight is 315 g/mol. The van der Waals surface area contributed by atoms with Gasteiger partial charge >= 0.3 is 0 Å². The maximum absolute atomic E-state index is 13.8. The Morgan fingerprint density at radius 3 is 2.43 bits per heavy atom. The summed E-state index contributed by atoms with van der Waals surface area (Å²) >= 11 is 4.62. The van der Waals surface area contributed by atoms with Crippen LogP contribution in [0.4, 0.5) is 14.5 Å². The van der Waals surface area contributed by atoms with Crippen molar-refractivity contribution in [2.24, 2.45) is 5.73 Å². The number of halogens is 2. The first-order valence-corrected chi connectivity index (χ1v) is 6.85. The number of amides is 1. The van der Waals surface area contributed by atoms with Crippen molar-refractivity contribution in [2.75, 3.05) is 11.9 Å². The molecule has 0 spiro atoms. The van der Waals surface area contributed by atoms with Gasteiger partial charge in [0, 0.05) is 24.1 Å². The second kappa shape index (κ2) is 6.80. The van der Waals surface area contributed by atoms with Crippen molar-refractivity contribution in [1.82, 2.24) is 5.32 Å². The Kier molecular flexibility index (Phi) is 5.60. The summed E-state index contributed by atoms with van der Waals surface area (Å²) in [5, 5.41) is 5.45. The van der Waals surface area contributed by atoms with E-state index >= 15 is 0 Å². The van der Waals surface area contributed by atoms with E-state index in [1.165, 1.54) is 12.1 Å². The van der Waals surface area contributed by atoms with Crippen LogP contribution in [0.15, 0.2) is 12.1 Å². The lowest BCUT2D eigenvalue weighted by atomic mass is 10.1. The summed E-state index contributed by atoms with van der Waals surface area (Å²) in [4.78, 5) is 11.4. The molecule has 21 heavy (non-hydrogen) atoms. The number of carbonyl (C=O) groups excluding carboxylic acids is 1. The number of carbonyl (C=O) groups is 1. The van der Waals surface area contributed by atoms with Crippen LogP contribution < -0.4 is 16.4 Å². The number of benzene rings is 1. The highest BCUT2D eigenvalue weighted by atomic mass is 32.1. The normalized spacial score (nSPS) is 11.1. The van der Waals surface area contributed by atoms with Gasteiger partial charge in [0.15, 0.2) is 11.6 Å². The van der Waals surface area contributed by atoms with Gasteiger partial charge in [0.25, 0.3) is 0 Å². The van der Waals surface area contributed by atoms with E-state index in [-0.39, 0.29) is 40.7 Å². The minimum Gasteiger partial charge on any atom is -0.389 e. The molecule has 0 radical (unpaired) electrons. The largest absolute Gasteiger partial charge is 0.389 e. The third-order valence-corrected chi connectivity index (χ3v) is 2.75. The summed E-state index contributed by atoms with van der Waals surface area (Å²) in [5.74, 6) is -2.32. The lowest BCUT2D eigenvalue weighted by molar-refractivity contribution is -0.122. The topological polar surface area (TPSA) is 67.2 Å². The zero-order chi connectivity index (χ0) is 16.2. The molecule has 0 aliphatic heterocycles. The summed E-state index contributed by atoms with van der Waals surface area (Å²) in [6, 6.07) is 2.65. The zero-order valence-electron chi connectivity index (χ0n) is 12.2. The fourth-order valence-corrected chi connectivity index (χ4v) is 1.83. The van der Waals surface area contributed by atoms with E-state index in [1.807, 2.05) is 20.8 Å². The number of nitrogens with one attached hydrogen (secondary N) is 2. The molecule has 1 aromatic rings. The zero-order valence-corrected chi connectivity index (χ0v) is 13.0. The second-order valence-corrected chi connectivity index (χ2v) is 6.07. The standard InChI is InChI=1S/C14H19F2N3OS/c1-14(2,3)19-10(20)6-7-18-9-5-4-8(13(17)21)11(15)12(9)16/h4-5,18H,6-7H2,1-3H3,(H2,17,21)(H,19,20). The van der Waals surface area contributed by atoms with Gasteiger partial charge in [-0.3, -0.25) is 4.79 Å². The van der Waals surface area contributed by atoms with Crippen LogP contribution in [0.3, 0.4) is 0 Å². The van der Waals surface area contributed by atoms with Crippen LogP contribution in [0, 0.1) is 11.6 Å². The molecule has 0 atom stereocenters. The highest BCUT2D eigenvalue weighted by Gasteiger charge is 2.16. The molecule has 7 heteroatoms. The third kappa shape index (κ3) is 5.26. The van der Waals surface area contributed by atoms with E-state index in [0.29, 0.717) is 0 Å². The van der Waals surface area contributed by atoms with E-state index in [9.17, 15) is 13.6 Å². The number of thiocarbonyl (C=S) groups is 1. The van der Waals surface area contributed by atoms with Gasteiger partial charge in [0.1, 0.15) is 4.99 Å². The lowest BCUT2D eigenvalue weighted by Gasteiger charge is -2.20. The van der Waals surface area contributed by atoms with Gasteiger partial charge in [-0.05, 0) is 32.9 Å². The molecule has 0 heterocycles. The quantitative estimate of drug-likeness (QED) is 0.730. The molecule has 0 bridgehead atoms. The average Bonchev–Trinajstić information content (AvgIpc) is 2.31. The van der Waals surface area contributed by atoms with Crippen molar-refractivity contribution in [3.63, 3.8) is 0 Å². The molecule has 4 nitrogen and oxygen atoms in total. The summed E-state index contributed by atoms with van der Waals surface area (Å²) in [7, 11) is 0. The summed E-state index contributed by atoms with van der Waals surface area (Å²) in [5.41, 5.74) is 4.79. The molecule has 116 valence electrons. The van der Waals surface area contributed by atoms with Gasteiger partial charge in [-0.2, -0.15) is 0 Å². The van der Waals surface area contributed by atoms with Gasteiger partial charge in [0.05, 0.1) is 5.69 Å². The monoisotopic (exact) mass is 315 g/mol. The number of nitrogens with two attached hydrogens (primary N) is 1. The minimum atomic E-state index is -1.09. The van der Waals surface area contributed by atoms with Gasteiger partial charge in [-0.15, -0.1) is 0 Å². The van der Waals surface area contributed by atoms with Crippen LogP contribution in [0.2, 0.25) is 0 Å². The molecule has 1 rings (SSSR count). The van der Waals surface area contributed by atoms with Crippen LogP contribution in [0.25, 0.3) is 0 Å². The number of hydrogen-bond acceptors (Lipinski definition) is 3. The fourth-order valence-electron chi connectivity index (χ4n) is 1.67. The molecule has 0 aliphatic carbocycles. The molecule has 4 N–H and O–H groups in total. The van der Waals surface area contributed by atoms with E-state index in [0.717, 1.165) is 0 Å². The Bertz CT molecular complexity index is 556. The van der Waals surface area contributed by atoms with Crippen molar-refractivity contribution in [2.45, 2.75) is 32.7 Å². The molecule has 1 amide bonds. The van der Waals surface area contributed by atoms with Crippen molar-refractivity contribution in [1.29, 1.82) is 0 Å². The highest BCUT2D eigenvalue weighted by Crippen LogP contribution is 2.20. The summed E-state index contributed by atoms with van der Waals surface area (Å²) in [6.45, 7) is 5.77. The van der Waals surface area contributed by atoms with Crippen LogP contribution in [-0.2, 0) is 4.79 Å². The molecule has 0 aromatic heterocycles. The molecule has 1 aromatic carbocycles. The maximum Gasteiger partial charge on any atom is 0.222 e. The molecule has 0 unspecified atom stereocenters. The van der Waals surface area contributed by atoms with E-state index in [4.69, 9.17) is 5.73 Å². The number of anilines is 1. The van der Waals surface area contributed by atoms with E-state index in [2.05, 4.69) is 22.9 Å². The predicted octanol–water partition coefficient (Wildman–Crippen LogP) is 2.32. The van der Waals surface area contributed by atoms with Crippen LogP contribution in [0.5, 0.6) is 0 Å². The Morgan fingerprint density at radius 2 is 1.90 bits per heavy atom. The van der Waals surface area contributed by atoms with E-state index in [1.54, 1.807) is 0 Å². The number of hydrogen-bond donors (Lipinski definition) is 3. The Balaban J connectivity index is 2.63. The van der Waals surface area contributed by atoms with Crippen LogP contribution in [-0.4, -0.2) is 23.0 Å². The molecule has 0 saturated heterocycles. The van der Waals surface area contributed by atoms with Gasteiger partial charge in [0.2, 0.25) is 5.91 Å². The predicted molar refractivity (Wildman–Crippen MR) is 83.2 cm³/mol. The molecular weight excluding hydrogens is 296 g/mol. The molecule has 0 saturated carbocycles. The minimum absolute atomic E-state index is 0.0314. The van der Waals surface area contributed by atoms with Crippen molar-refractivity contribution in [3.8, 4) is 0 Å². The van der Waals surface area contributed by atoms with Gasteiger partial charge < -0.3 is 16.4 Å². The summed E-state index contributed by atoms with van der Waals surface area (Å²) < 4.78 is 27.4. The van der Waals surface area contributed by atoms with Crippen molar-refractivity contribution in [3.05, 3.63) is 29.3 Å². The first kappa shape index (κ1) is 17.3. The van der Waals surface area contributed by atoms with Crippen molar-refractivity contribution < 1.29 is 13.6 Å². The van der Waals surface area contributed by atoms with Gasteiger partial charge in [-0.25, -0.2) is 8.78 Å². The molecule has 0 fully saturated rings. The third-order valence-electron chi connectivity index (χ3n) is 2.53. The highest BCUT2D eigenvalue weighted by molar-refractivity contribution is 7.80. The SMILES string of the molecule is CC(C)(C)NC(=O)CCNc1ccc(C(N)=S)c(F)c1F. The van der Waals surface area contributed by atoms with Crippen LogP contribution >= 0.6 is 12.2 Å². The first-order chi connectivity index (χ1) is 9.61. The van der Waals surface area contributed by atoms with Gasteiger partial charge in [-0.1, -0.05) is 12.2 Å². The molecular formula is C14H19F2N3OS. The fraction of sp³-hybridized carbons (Fsp3) is 0.429. The maximum atomic E-state index is 13.8. The molecule has 0 aliphatic rings. The Hall–Kier alpha value is -1.76. The Morgan fingerprint density at radius 1 is 1.29 bits per heavy atom. The summed E-state index contributed by atoms with van der Waals surface area (Å²) in [6.07, 6.45) is 0.148. The van der Waals surface area contributed by atoms with Crippen molar-refractivity contribution >= 4 is 28.8 Å².